The summed E-state index contributed by atoms with van der Waals surface area (Å²) >= 11 is 17.5. The van der Waals surface area contributed by atoms with Crippen molar-refractivity contribution in [2.75, 3.05) is 6.61 Å². The van der Waals surface area contributed by atoms with E-state index >= 15 is 0 Å². The van der Waals surface area contributed by atoms with Crippen LogP contribution in [0.5, 0.6) is 0 Å². The van der Waals surface area contributed by atoms with Crippen molar-refractivity contribution in [1.29, 1.82) is 0 Å². The normalized spacial score (nSPS) is 13.8. The van der Waals surface area contributed by atoms with Gasteiger partial charge in [-0.25, -0.2) is 13.1 Å². The van der Waals surface area contributed by atoms with Gasteiger partial charge in [-0.3, -0.25) is 0 Å². The van der Waals surface area contributed by atoms with Gasteiger partial charge in [0.2, 0.25) is 10.0 Å². The predicted molar refractivity (Wildman–Crippen MR) is 77.5 cm³/mol. The molecular formula is C11H14Cl3NO3S. The molecule has 0 saturated heterocycles. The van der Waals surface area contributed by atoms with Crippen LogP contribution in [0.25, 0.3) is 0 Å². The zero-order chi connectivity index (χ0) is 14.8. The molecule has 0 aliphatic carbocycles. The summed E-state index contributed by atoms with van der Waals surface area (Å²) < 4.78 is 26.8. The lowest BCUT2D eigenvalue weighted by atomic mass is 10.1. The van der Waals surface area contributed by atoms with E-state index in [2.05, 4.69) is 4.72 Å². The molecule has 0 aliphatic heterocycles. The number of sulfonamides is 1. The zero-order valence-electron chi connectivity index (χ0n) is 10.3. The summed E-state index contributed by atoms with van der Waals surface area (Å²) in [6, 6.07) is 1.98. The molecule has 1 aromatic rings. The van der Waals surface area contributed by atoms with Gasteiger partial charge in [0, 0.05) is 11.1 Å². The van der Waals surface area contributed by atoms with Crippen LogP contribution in [0.1, 0.15) is 13.8 Å². The van der Waals surface area contributed by atoms with Gasteiger partial charge in [0.05, 0.1) is 16.7 Å². The van der Waals surface area contributed by atoms with Gasteiger partial charge in [-0.1, -0.05) is 48.7 Å². The first-order chi connectivity index (χ1) is 8.69. The smallest absolute Gasteiger partial charge is 0.243 e. The molecule has 0 bridgehead atoms. The van der Waals surface area contributed by atoms with E-state index in [9.17, 15) is 13.5 Å². The van der Waals surface area contributed by atoms with Crippen LogP contribution in [0.15, 0.2) is 17.0 Å². The quantitative estimate of drug-likeness (QED) is 0.861. The molecule has 4 nitrogen and oxygen atoms in total. The Morgan fingerprint density at radius 3 is 2.05 bits per heavy atom. The molecule has 0 aromatic heterocycles. The van der Waals surface area contributed by atoms with Crippen LogP contribution in [0.3, 0.4) is 0 Å². The Balaban J connectivity index is 3.21. The fourth-order valence-electron chi connectivity index (χ4n) is 1.43. The van der Waals surface area contributed by atoms with E-state index < -0.39 is 16.1 Å². The number of benzene rings is 1. The van der Waals surface area contributed by atoms with Crippen LogP contribution in [0.4, 0.5) is 0 Å². The molecule has 1 atom stereocenters. The molecule has 1 rings (SSSR count). The SMILES string of the molecule is CC(C)[C@@H](CO)NS(=O)(=O)c1c(Cl)cc(Cl)cc1Cl. The topological polar surface area (TPSA) is 66.4 Å². The monoisotopic (exact) mass is 345 g/mol. The van der Waals surface area contributed by atoms with Gasteiger partial charge in [0.25, 0.3) is 0 Å². The lowest BCUT2D eigenvalue weighted by Gasteiger charge is -2.20. The maximum absolute atomic E-state index is 12.2. The molecular weight excluding hydrogens is 333 g/mol. The molecule has 0 unspecified atom stereocenters. The van der Waals surface area contributed by atoms with Gasteiger partial charge in [-0.05, 0) is 18.1 Å². The van der Waals surface area contributed by atoms with Gasteiger partial charge >= 0.3 is 0 Å². The second kappa shape index (κ2) is 6.61. The molecule has 0 radical (unpaired) electrons. The van der Waals surface area contributed by atoms with E-state index in [-0.39, 0.29) is 32.5 Å². The minimum absolute atomic E-state index is 0.0644. The Labute approximate surface area is 127 Å². The summed E-state index contributed by atoms with van der Waals surface area (Å²) in [6.45, 7) is 3.25. The van der Waals surface area contributed by atoms with Crippen LogP contribution in [0, 0.1) is 5.92 Å². The molecule has 108 valence electrons. The molecule has 0 heterocycles. The minimum Gasteiger partial charge on any atom is -0.395 e. The first-order valence-corrected chi connectivity index (χ1v) is 8.08. The summed E-state index contributed by atoms with van der Waals surface area (Å²) in [6.07, 6.45) is 0. The van der Waals surface area contributed by atoms with E-state index in [0.717, 1.165) is 0 Å². The average Bonchev–Trinajstić information content (AvgIpc) is 2.23. The second-order valence-electron chi connectivity index (χ2n) is 4.35. The number of hydrogen-bond donors (Lipinski definition) is 2. The van der Waals surface area contributed by atoms with Crippen LogP contribution in [-0.2, 0) is 10.0 Å². The Morgan fingerprint density at radius 2 is 1.68 bits per heavy atom. The molecule has 0 saturated carbocycles. The van der Waals surface area contributed by atoms with E-state index in [1.807, 2.05) is 0 Å². The number of hydrogen-bond acceptors (Lipinski definition) is 3. The van der Waals surface area contributed by atoms with Crippen LogP contribution < -0.4 is 4.72 Å². The van der Waals surface area contributed by atoms with Crippen LogP contribution in [-0.4, -0.2) is 26.2 Å². The van der Waals surface area contributed by atoms with Gasteiger partial charge in [-0.2, -0.15) is 0 Å². The average molecular weight is 347 g/mol. The molecule has 0 spiro atoms. The number of halogens is 3. The number of aliphatic hydroxyl groups excluding tert-OH is 1. The van der Waals surface area contributed by atoms with Crippen molar-refractivity contribution in [2.45, 2.75) is 24.8 Å². The summed E-state index contributed by atoms with van der Waals surface area (Å²) in [4.78, 5) is -0.237. The Bertz CT molecular complexity index is 537. The molecule has 0 amide bonds. The van der Waals surface area contributed by atoms with Crippen molar-refractivity contribution in [2.24, 2.45) is 5.92 Å². The molecule has 0 fully saturated rings. The van der Waals surface area contributed by atoms with E-state index in [1.54, 1.807) is 13.8 Å². The lowest BCUT2D eigenvalue weighted by Crippen LogP contribution is -2.41. The minimum atomic E-state index is -3.93. The highest BCUT2D eigenvalue weighted by molar-refractivity contribution is 7.89. The van der Waals surface area contributed by atoms with Crippen molar-refractivity contribution in [1.82, 2.24) is 4.72 Å². The van der Waals surface area contributed by atoms with Crippen LogP contribution in [0.2, 0.25) is 15.1 Å². The third-order valence-electron chi connectivity index (χ3n) is 2.54. The van der Waals surface area contributed by atoms with Gasteiger partial charge in [-0.15, -0.1) is 0 Å². The van der Waals surface area contributed by atoms with Gasteiger partial charge < -0.3 is 5.11 Å². The van der Waals surface area contributed by atoms with Crippen LogP contribution >= 0.6 is 34.8 Å². The predicted octanol–water partition coefficient (Wildman–Crippen LogP) is 2.94. The number of aliphatic hydroxyl groups is 1. The third-order valence-corrected chi connectivity index (χ3v) is 5.17. The van der Waals surface area contributed by atoms with Gasteiger partial charge in [0.15, 0.2) is 0 Å². The zero-order valence-corrected chi connectivity index (χ0v) is 13.4. The van der Waals surface area contributed by atoms with Crippen molar-refractivity contribution in [3.63, 3.8) is 0 Å². The van der Waals surface area contributed by atoms with Crippen molar-refractivity contribution in [3.05, 3.63) is 27.2 Å². The standard InChI is InChI=1S/C11H14Cl3NO3S/c1-6(2)10(5-16)15-19(17,18)11-8(13)3-7(12)4-9(11)14/h3-4,6,10,15-16H,5H2,1-2H3/t10-/m1/s1. The summed E-state index contributed by atoms with van der Waals surface area (Å²) in [7, 11) is -3.93. The van der Waals surface area contributed by atoms with E-state index in [0.29, 0.717) is 0 Å². The Kier molecular flexibility index (Phi) is 5.92. The highest BCUT2D eigenvalue weighted by Crippen LogP contribution is 2.32. The van der Waals surface area contributed by atoms with E-state index in [4.69, 9.17) is 34.8 Å². The van der Waals surface area contributed by atoms with Crippen molar-refractivity contribution in [3.8, 4) is 0 Å². The number of nitrogens with one attached hydrogen (secondary N) is 1. The molecule has 0 aliphatic rings. The first-order valence-electron chi connectivity index (χ1n) is 5.46. The lowest BCUT2D eigenvalue weighted by molar-refractivity contribution is 0.227. The maximum Gasteiger partial charge on any atom is 0.243 e. The van der Waals surface area contributed by atoms with Crippen molar-refractivity contribution < 1.29 is 13.5 Å². The number of rotatable bonds is 5. The second-order valence-corrected chi connectivity index (χ2v) is 7.25. The Morgan fingerprint density at radius 1 is 1.21 bits per heavy atom. The third kappa shape index (κ3) is 4.21. The first kappa shape index (κ1) is 17.0. The highest BCUT2D eigenvalue weighted by Gasteiger charge is 2.26. The fourth-order valence-corrected chi connectivity index (χ4v) is 4.35. The van der Waals surface area contributed by atoms with Gasteiger partial charge in [0.1, 0.15) is 4.90 Å². The maximum atomic E-state index is 12.2. The largest absolute Gasteiger partial charge is 0.395 e. The highest BCUT2D eigenvalue weighted by atomic mass is 35.5. The van der Waals surface area contributed by atoms with E-state index in [1.165, 1.54) is 12.1 Å². The summed E-state index contributed by atoms with van der Waals surface area (Å²) in [5.74, 6) is -0.0790. The molecule has 19 heavy (non-hydrogen) atoms. The molecule has 1 aromatic carbocycles. The molecule has 8 heteroatoms. The van der Waals surface area contributed by atoms with Crippen molar-refractivity contribution >= 4 is 44.8 Å². The fraction of sp³-hybridized carbons (Fsp3) is 0.455. The summed E-state index contributed by atoms with van der Waals surface area (Å²) in [5.41, 5.74) is 0. The Hall–Kier alpha value is -0.0400. The molecule has 2 N–H and O–H groups in total. The summed E-state index contributed by atoms with van der Waals surface area (Å²) in [5, 5.41) is 9.29.